The maximum atomic E-state index is 4.35. The average Bonchev–Trinajstić information content (AvgIpc) is 2.62. The summed E-state index contributed by atoms with van der Waals surface area (Å²) in [7, 11) is 2.06. The Bertz CT molecular complexity index is 311. The zero-order chi connectivity index (χ0) is 10.7. The molecule has 3 nitrogen and oxygen atoms in total. The van der Waals surface area contributed by atoms with Gasteiger partial charge in [-0.1, -0.05) is 6.92 Å². The van der Waals surface area contributed by atoms with Gasteiger partial charge in [0.1, 0.15) is 0 Å². The van der Waals surface area contributed by atoms with Crippen molar-refractivity contribution in [1.82, 2.24) is 15.1 Å². The van der Waals surface area contributed by atoms with E-state index < -0.39 is 0 Å². The lowest BCUT2D eigenvalue weighted by molar-refractivity contribution is 0.369. The summed E-state index contributed by atoms with van der Waals surface area (Å²) in [6.45, 7) is 4.58. The van der Waals surface area contributed by atoms with Gasteiger partial charge < -0.3 is 5.32 Å². The van der Waals surface area contributed by atoms with E-state index in [2.05, 4.69) is 24.4 Å². The van der Waals surface area contributed by atoms with Gasteiger partial charge in [0.05, 0.1) is 6.20 Å². The van der Waals surface area contributed by atoms with Crippen LogP contribution in [0.1, 0.15) is 31.0 Å². The fraction of sp³-hybridized carbons (Fsp3) is 0.750. The molecule has 0 aromatic carbocycles. The summed E-state index contributed by atoms with van der Waals surface area (Å²) in [4.78, 5) is 0. The molecule has 0 amide bonds. The molecule has 1 aliphatic heterocycles. The molecule has 0 bridgehead atoms. The summed E-state index contributed by atoms with van der Waals surface area (Å²) in [5.41, 5.74) is 2.86. The topological polar surface area (TPSA) is 29.9 Å². The van der Waals surface area contributed by atoms with Crippen LogP contribution in [0, 0.1) is 5.92 Å². The average molecular weight is 207 g/mol. The highest BCUT2D eigenvalue weighted by atomic mass is 15.3. The van der Waals surface area contributed by atoms with Gasteiger partial charge in [0.2, 0.25) is 0 Å². The molecule has 3 heteroatoms. The number of aromatic nitrogens is 2. The number of hydrogen-bond acceptors (Lipinski definition) is 2. The smallest absolute Gasteiger partial charge is 0.0524 e. The standard InChI is InChI=1S/C12H21N3/c1-3-11-9-14-15(2)12(11)7-10-5-4-6-13-8-10/h9-10,13H,3-8H2,1-2H3. The predicted molar refractivity (Wildman–Crippen MR) is 61.9 cm³/mol. The zero-order valence-corrected chi connectivity index (χ0v) is 9.79. The van der Waals surface area contributed by atoms with Crippen molar-refractivity contribution in [3.8, 4) is 0 Å². The van der Waals surface area contributed by atoms with Gasteiger partial charge in [0.15, 0.2) is 0 Å². The molecule has 1 atom stereocenters. The number of piperidine rings is 1. The Labute approximate surface area is 91.9 Å². The lowest BCUT2D eigenvalue weighted by Gasteiger charge is -2.23. The van der Waals surface area contributed by atoms with Gasteiger partial charge in [-0.05, 0) is 50.3 Å². The number of nitrogens with one attached hydrogen (secondary N) is 1. The molecule has 0 radical (unpaired) electrons. The molecule has 1 aromatic heterocycles. The fourth-order valence-corrected chi connectivity index (χ4v) is 2.44. The largest absolute Gasteiger partial charge is 0.316 e. The van der Waals surface area contributed by atoms with Crippen LogP contribution in [0.2, 0.25) is 0 Å². The van der Waals surface area contributed by atoms with E-state index in [-0.39, 0.29) is 0 Å². The Morgan fingerprint density at radius 2 is 2.47 bits per heavy atom. The van der Waals surface area contributed by atoms with Crippen molar-refractivity contribution in [3.63, 3.8) is 0 Å². The molecular formula is C12H21N3. The third kappa shape index (κ3) is 2.40. The van der Waals surface area contributed by atoms with Crippen LogP contribution in [0.15, 0.2) is 6.20 Å². The highest BCUT2D eigenvalue weighted by Crippen LogP contribution is 2.18. The first-order chi connectivity index (χ1) is 7.31. The number of aryl methyl sites for hydroxylation is 2. The van der Waals surface area contributed by atoms with E-state index >= 15 is 0 Å². The van der Waals surface area contributed by atoms with Crippen LogP contribution in [-0.4, -0.2) is 22.9 Å². The van der Waals surface area contributed by atoms with Crippen LogP contribution in [-0.2, 0) is 19.9 Å². The van der Waals surface area contributed by atoms with E-state index in [0.717, 1.165) is 12.3 Å². The van der Waals surface area contributed by atoms with Crippen molar-refractivity contribution in [3.05, 3.63) is 17.5 Å². The molecule has 1 aliphatic rings. The third-order valence-electron chi connectivity index (χ3n) is 3.41. The van der Waals surface area contributed by atoms with E-state index in [0.29, 0.717) is 0 Å². The van der Waals surface area contributed by atoms with Crippen LogP contribution in [0.3, 0.4) is 0 Å². The lowest BCUT2D eigenvalue weighted by Crippen LogP contribution is -2.31. The summed E-state index contributed by atoms with van der Waals surface area (Å²) >= 11 is 0. The van der Waals surface area contributed by atoms with Crippen molar-refractivity contribution in [1.29, 1.82) is 0 Å². The van der Waals surface area contributed by atoms with Gasteiger partial charge in [-0.15, -0.1) is 0 Å². The second-order valence-corrected chi connectivity index (χ2v) is 4.51. The molecule has 84 valence electrons. The Morgan fingerprint density at radius 3 is 3.13 bits per heavy atom. The number of nitrogens with zero attached hydrogens (tertiary/aromatic N) is 2. The fourth-order valence-electron chi connectivity index (χ4n) is 2.44. The zero-order valence-electron chi connectivity index (χ0n) is 9.79. The van der Waals surface area contributed by atoms with Gasteiger partial charge in [0, 0.05) is 12.7 Å². The van der Waals surface area contributed by atoms with Gasteiger partial charge in [-0.3, -0.25) is 4.68 Å². The molecule has 1 N–H and O–H groups in total. The van der Waals surface area contributed by atoms with E-state index in [1.165, 1.54) is 43.6 Å². The summed E-state index contributed by atoms with van der Waals surface area (Å²) in [6, 6.07) is 0. The molecule has 1 unspecified atom stereocenters. The van der Waals surface area contributed by atoms with Crippen molar-refractivity contribution in [2.45, 2.75) is 32.6 Å². The Kier molecular flexibility index (Phi) is 3.41. The van der Waals surface area contributed by atoms with Crippen LogP contribution < -0.4 is 5.32 Å². The first-order valence-electron chi connectivity index (χ1n) is 6.01. The first kappa shape index (κ1) is 10.7. The Hall–Kier alpha value is -0.830. The van der Waals surface area contributed by atoms with Crippen LogP contribution >= 0.6 is 0 Å². The van der Waals surface area contributed by atoms with Crippen LogP contribution in [0.5, 0.6) is 0 Å². The number of hydrogen-bond donors (Lipinski definition) is 1. The molecule has 0 aliphatic carbocycles. The van der Waals surface area contributed by atoms with Gasteiger partial charge in [-0.25, -0.2) is 0 Å². The van der Waals surface area contributed by atoms with Crippen LogP contribution in [0.4, 0.5) is 0 Å². The summed E-state index contributed by atoms with van der Waals surface area (Å²) in [5, 5.41) is 7.82. The molecule has 1 aromatic rings. The Morgan fingerprint density at radius 1 is 1.60 bits per heavy atom. The maximum Gasteiger partial charge on any atom is 0.0524 e. The minimum Gasteiger partial charge on any atom is -0.316 e. The van der Waals surface area contributed by atoms with E-state index in [9.17, 15) is 0 Å². The van der Waals surface area contributed by atoms with Crippen molar-refractivity contribution in [2.75, 3.05) is 13.1 Å². The highest BCUT2D eigenvalue weighted by molar-refractivity contribution is 5.18. The molecule has 2 rings (SSSR count). The van der Waals surface area contributed by atoms with Crippen molar-refractivity contribution in [2.24, 2.45) is 13.0 Å². The normalized spacial score (nSPS) is 21.9. The lowest BCUT2D eigenvalue weighted by atomic mass is 9.93. The number of rotatable bonds is 3. The first-order valence-corrected chi connectivity index (χ1v) is 6.01. The molecule has 1 fully saturated rings. The SMILES string of the molecule is CCc1cnn(C)c1CC1CCCNC1. The second-order valence-electron chi connectivity index (χ2n) is 4.51. The molecule has 2 heterocycles. The van der Waals surface area contributed by atoms with E-state index in [4.69, 9.17) is 0 Å². The van der Waals surface area contributed by atoms with Gasteiger partial charge >= 0.3 is 0 Å². The van der Waals surface area contributed by atoms with Gasteiger partial charge in [0.25, 0.3) is 0 Å². The quantitative estimate of drug-likeness (QED) is 0.814. The van der Waals surface area contributed by atoms with Crippen molar-refractivity contribution < 1.29 is 0 Å². The van der Waals surface area contributed by atoms with E-state index in [1.54, 1.807) is 0 Å². The Balaban J connectivity index is 2.04. The summed E-state index contributed by atoms with van der Waals surface area (Å²) in [6.07, 6.45) is 6.99. The second kappa shape index (κ2) is 4.79. The molecule has 15 heavy (non-hydrogen) atoms. The third-order valence-corrected chi connectivity index (χ3v) is 3.41. The minimum absolute atomic E-state index is 0.805. The molecular weight excluding hydrogens is 186 g/mol. The van der Waals surface area contributed by atoms with Crippen molar-refractivity contribution >= 4 is 0 Å². The molecule has 0 spiro atoms. The van der Waals surface area contributed by atoms with Crippen LogP contribution in [0.25, 0.3) is 0 Å². The highest BCUT2D eigenvalue weighted by Gasteiger charge is 2.17. The molecule has 0 saturated carbocycles. The van der Waals surface area contributed by atoms with Gasteiger partial charge in [-0.2, -0.15) is 5.10 Å². The maximum absolute atomic E-state index is 4.35. The molecule has 1 saturated heterocycles. The monoisotopic (exact) mass is 207 g/mol. The van der Waals surface area contributed by atoms with E-state index in [1.807, 2.05) is 10.9 Å². The predicted octanol–water partition coefficient (Wildman–Crippen LogP) is 1.52. The summed E-state index contributed by atoms with van der Waals surface area (Å²) in [5.74, 6) is 0.805. The minimum atomic E-state index is 0.805. The summed E-state index contributed by atoms with van der Waals surface area (Å²) < 4.78 is 2.05.